The van der Waals surface area contributed by atoms with Gasteiger partial charge in [-0.25, -0.2) is 9.36 Å². The van der Waals surface area contributed by atoms with Crippen molar-refractivity contribution in [3.05, 3.63) is 75.6 Å². The molecule has 0 fully saturated rings. The summed E-state index contributed by atoms with van der Waals surface area (Å²) in [6, 6.07) is 13.3. The Labute approximate surface area is 151 Å². The van der Waals surface area contributed by atoms with Gasteiger partial charge in [0.2, 0.25) is 5.91 Å². The first-order chi connectivity index (χ1) is 13.1. The van der Waals surface area contributed by atoms with Crippen molar-refractivity contribution in [1.82, 2.24) is 30.0 Å². The van der Waals surface area contributed by atoms with E-state index >= 15 is 0 Å². The molecule has 1 amide bonds. The molecule has 10 heteroatoms. The van der Waals surface area contributed by atoms with Gasteiger partial charge in [-0.05, 0) is 46.8 Å². The van der Waals surface area contributed by atoms with Crippen LogP contribution in [0.5, 0.6) is 0 Å². The maximum atomic E-state index is 12.4. The second-order valence-electron chi connectivity index (χ2n) is 5.73. The van der Waals surface area contributed by atoms with Crippen molar-refractivity contribution in [2.24, 2.45) is 0 Å². The third-order valence-electron chi connectivity index (χ3n) is 3.95. The maximum absolute atomic E-state index is 12.4. The molecule has 2 heterocycles. The van der Waals surface area contributed by atoms with Gasteiger partial charge < -0.3 is 5.32 Å². The number of H-pyrrole nitrogens is 1. The molecule has 4 aromatic rings. The number of rotatable bonds is 4. The van der Waals surface area contributed by atoms with Gasteiger partial charge in [0.1, 0.15) is 12.9 Å². The maximum Gasteiger partial charge on any atom is 0.273 e. The second-order valence-corrected chi connectivity index (χ2v) is 5.73. The third-order valence-corrected chi connectivity index (χ3v) is 3.95. The van der Waals surface area contributed by atoms with E-state index < -0.39 is 17.0 Å². The minimum Gasteiger partial charge on any atom is -0.324 e. The van der Waals surface area contributed by atoms with Gasteiger partial charge >= 0.3 is 0 Å². The lowest BCUT2D eigenvalue weighted by Crippen LogP contribution is -2.34. The summed E-state index contributed by atoms with van der Waals surface area (Å²) in [5.41, 5.74) is 0.402. The Bertz CT molecular complexity index is 1220. The van der Waals surface area contributed by atoms with Gasteiger partial charge in [0.25, 0.3) is 11.1 Å². The lowest BCUT2D eigenvalue weighted by Gasteiger charge is -2.09. The van der Waals surface area contributed by atoms with Crippen LogP contribution in [0.15, 0.2) is 64.4 Å². The van der Waals surface area contributed by atoms with Crippen LogP contribution < -0.4 is 16.4 Å². The minimum absolute atomic E-state index is 0.264. The molecule has 2 aromatic carbocycles. The summed E-state index contributed by atoms with van der Waals surface area (Å²) in [7, 11) is 0. The summed E-state index contributed by atoms with van der Waals surface area (Å²) in [6.07, 6.45) is 1.45. The zero-order valence-electron chi connectivity index (χ0n) is 13.9. The van der Waals surface area contributed by atoms with Gasteiger partial charge in [0.05, 0.1) is 16.5 Å². The molecule has 10 nitrogen and oxygen atoms in total. The zero-order valence-corrected chi connectivity index (χ0v) is 13.9. The van der Waals surface area contributed by atoms with Gasteiger partial charge in [-0.3, -0.25) is 19.5 Å². The molecule has 0 spiro atoms. The summed E-state index contributed by atoms with van der Waals surface area (Å²) in [5.74, 6) is -0.446. The lowest BCUT2D eigenvalue weighted by atomic mass is 10.2. The Morgan fingerprint density at radius 2 is 1.78 bits per heavy atom. The molecular weight excluding hydrogens is 350 g/mol. The van der Waals surface area contributed by atoms with Crippen LogP contribution in [0.2, 0.25) is 0 Å². The second kappa shape index (κ2) is 6.67. The lowest BCUT2D eigenvalue weighted by molar-refractivity contribution is -0.117. The van der Waals surface area contributed by atoms with Crippen LogP contribution in [-0.2, 0) is 11.3 Å². The van der Waals surface area contributed by atoms with E-state index in [4.69, 9.17) is 0 Å². The molecule has 0 bridgehead atoms. The Hall–Kier alpha value is -4.08. The molecule has 2 N–H and O–H groups in total. The van der Waals surface area contributed by atoms with Gasteiger partial charge in [-0.15, -0.1) is 5.10 Å². The van der Waals surface area contributed by atoms with E-state index in [0.29, 0.717) is 5.69 Å². The molecule has 2 aromatic heterocycles. The highest BCUT2D eigenvalue weighted by molar-refractivity contribution is 5.90. The van der Waals surface area contributed by atoms with E-state index in [-0.39, 0.29) is 17.3 Å². The number of hydrogen-bond acceptors (Lipinski definition) is 6. The molecule has 27 heavy (non-hydrogen) atoms. The van der Waals surface area contributed by atoms with Crippen molar-refractivity contribution in [3.8, 4) is 5.69 Å². The number of nitrogens with one attached hydrogen (secondary N) is 2. The molecule has 0 saturated carbocycles. The minimum atomic E-state index is -0.446. The fourth-order valence-corrected chi connectivity index (χ4v) is 2.68. The van der Waals surface area contributed by atoms with Crippen molar-refractivity contribution >= 4 is 22.4 Å². The van der Waals surface area contributed by atoms with Crippen LogP contribution in [-0.4, -0.2) is 35.9 Å². The predicted octanol–water partition coefficient (Wildman–Crippen LogP) is 0.304. The van der Waals surface area contributed by atoms with Gasteiger partial charge in [0.15, 0.2) is 0 Å². The molecule has 0 unspecified atom stereocenters. The summed E-state index contributed by atoms with van der Waals surface area (Å²) in [6.45, 7) is -0.312. The molecular formula is C17H13N7O3. The summed E-state index contributed by atoms with van der Waals surface area (Å²) in [5, 5.41) is 16.5. The molecule has 134 valence electrons. The largest absolute Gasteiger partial charge is 0.324 e. The van der Waals surface area contributed by atoms with Crippen LogP contribution in [0, 0.1) is 0 Å². The van der Waals surface area contributed by atoms with E-state index in [0.717, 1.165) is 10.4 Å². The van der Waals surface area contributed by atoms with Crippen molar-refractivity contribution < 1.29 is 4.79 Å². The molecule has 0 aliphatic heterocycles. The predicted molar refractivity (Wildman–Crippen MR) is 96.6 cm³/mol. The Kier molecular flexibility index (Phi) is 4.05. The number of amides is 1. The fraction of sp³-hybridized carbons (Fsp3) is 0.0588. The first-order valence-corrected chi connectivity index (χ1v) is 7.97. The number of hydrogen-bond donors (Lipinski definition) is 2. The number of nitrogens with zero attached hydrogens (tertiary/aromatic N) is 5. The van der Waals surface area contributed by atoms with Crippen LogP contribution in [0.25, 0.3) is 16.5 Å². The fourth-order valence-electron chi connectivity index (χ4n) is 2.68. The van der Waals surface area contributed by atoms with Gasteiger partial charge in [-0.2, -0.15) is 0 Å². The smallest absolute Gasteiger partial charge is 0.273 e. The van der Waals surface area contributed by atoms with Crippen LogP contribution in [0.4, 0.5) is 5.69 Å². The first kappa shape index (κ1) is 16.4. The molecule has 4 rings (SSSR count). The topological polar surface area (TPSA) is 128 Å². The average molecular weight is 363 g/mol. The summed E-state index contributed by atoms with van der Waals surface area (Å²) < 4.78 is 2.47. The number of fused-ring (bicyclic) bond motifs is 1. The number of tetrazole rings is 1. The number of carbonyl (C=O) groups excluding carboxylic acids is 1. The Morgan fingerprint density at radius 1 is 1.04 bits per heavy atom. The van der Waals surface area contributed by atoms with Crippen LogP contribution in [0.3, 0.4) is 0 Å². The van der Waals surface area contributed by atoms with E-state index in [1.807, 2.05) is 0 Å². The van der Waals surface area contributed by atoms with Crippen LogP contribution in [0.1, 0.15) is 0 Å². The highest BCUT2D eigenvalue weighted by Crippen LogP contribution is 2.12. The number of carbonyl (C=O) groups is 1. The molecule has 0 aliphatic rings. The molecule has 0 radical (unpaired) electrons. The van der Waals surface area contributed by atoms with E-state index in [1.165, 1.54) is 11.0 Å². The number of anilines is 1. The number of aromatic amines is 1. The van der Waals surface area contributed by atoms with Gasteiger partial charge in [-0.1, -0.05) is 12.1 Å². The van der Waals surface area contributed by atoms with E-state index in [9.17, 15) is 14.4 Å². The third kappa shape index (κ3) is 3.23. The normalized spacial score (nSPS) is 10.8. The van der Waals surface area contributed by atoms with Crippen molar-refractivity contribution in [2.45, 2.75) is 6.54 Å². The number of aromatic nitrogens is 6. The van der Waals surface area contributed by atoms with Gasteiger partial charge in [0, 0.05) is 5.69 Å². The standard InChI is InChI=1S/C17H13N7O3/c25-15(19-11-5-7-12(8-6-11)24-10-18-21-22-24)9-23-17(27)14-4-2-1-3-13(14)16(26)20-23/h1-8,10H,9H2,(H,19,25)(H,20,26). The Morgan fingerprint density at radius 3 is 2.48 bits per heavy atom. The van der Waals surface area contributed by atoms with Crippen molar-refractivity contribution in [1.29, 1.82) is 0 Å². The first-order valence-electron chi connectivity index (χ1n) is 7.97. The van der Waals surface area contributed by atoms with Crippen molar-refractivity contribution in [3.63, 3.8) is 0 Å². The highest BCUT2D eigenvalue weighted by Gasteiger charge is 2.10. The Balaban J connectivity index is 1.53. The van der Waals surface area contributed by atoms with E-state index in [2.05, 4.69) is 25.9 Å². The molecule has 0 atom stereocenters. The monoisotopic (exact) mass is 363 g/mol. The quantitative estimate of drug-likeness (QED) is 0.537. The molecule has 0 saturated heterocycles. The zero-order chi connectivity index (χ0) is 18.8. The summed E-state index contributed by atoms with van der Waals surface area (Å²) in [4.78, 5) is 36.8. The summed E-state index contributed by atoms with van der Waals surface area (Å²) >= 11 is 0. The average Bonchev–Trinajstić information content (AvgIpc) is 3.21. The SMILES string of the molecule is O=C(Cn1[nH]c(=O)c2ccccc2c1=O)Nc1ccc(-n2cnnn2)cc1. The highest BCUT2D eigenvalue weighted by atomic mass is 16.2. The van der Waals surface area contributed by atoms with E-state index in [1.54, 1.807) is 48.5 Å². The molecule has 0 aliphatic carbocycles. The van der Waals surface area contributed by atoms with Crippen LogP contribution >= 0.6 is 0 Å². The van der Waals surface area contributed by atoms with Crippen molar-refractivity contribution in [2.75, 3.05) is 5.32 Å². The number of benzene rings is 2.